The minimum atomic E-state index is -0.0629. The minimum Gasteiger partial charge on any atom is -0.325 e. The van der Waals surface area contributed by atoms with E-state index in [4.69, 9.17) is 0 Å². The van der Waals surface area contributed by atoms with Gasteiger partial charge in [0.05, 0.1) is 11.4 Å². The van der Waals surface area contributed by atoms with Crippen LogP contribution in [-0.4, -0.2) is 26.4 Å². The molecule has 3 rings (SSSR count). The van der Waals surface area contributed by atoms with Crippen LogP contribution in [0.15, 0.2) is 47.6 Å². The number of anilines is 1. The van der Waals surface area contributed by atoms with Crippen LogP contribution in [0, 0.1) is 27.7 Å². The summed E-state index contributed by atoms with van der Waals surface area (Å²) in [5.41, 5.74) is 5.33. The number of hydrogen-bond acceptors (Lipinski definition) is 4. The molecular formula is C20H22N4OS. The van der Waals surface area contributed by atoms with Crippen LogP contribution in [0.2, 0.25) is 0 Å². The van der Waals surface area contributed by atoms with Gasteiger partial charge in [-0.2, -0.15) is 0 Å². The molecule has 0 atom stereocenters. The summed E-state index contributed by atoms with van der Waals surface area (Å²) >= 11 is 1.39. The van der Waals surface area contributed by atoms with Crippen LogP contribution in [0.3, 0.4) is 0 Å². The summed E-state index contributed by atoms with van der Waals surface area (Å²) in [6.07, 6.45) is 0. The van der Waals surface area contributed by atoms with Gasteiger partial charge >= 0.3 is 0 Å². The van der Waals surface area contributed by atoms with E-state index in [9.17, 15) is 4.79 Å². The van der Waals surface area contributed by atoms with Crippen molar-refractivity contribution in [1.29, 1.82) is 0 Å². The third kappa shape index (κ3) is 4.14. The van der Waals surface area contributed by atoms with E-state index < -0.39 is 0 Å². The molecule has 3 aromatic rings. The molecule has 134 valence electrons. The Balaban J connectivity index is 1.74. The van der Waals surface area contributed by atoms with E-state index in [-0.39, 0.29) is 11.7 Å². The van der Waals surface area contributed by atoms with Crippen LogP contribution in [0.1, 0.15) is 22.5 Å². The van der Waals surface area contributed by atoms with Crippen LogP contribution in [0.25, 0.3) is 5.69 Å². The maximum absolute atomic E-state index is 12.3. The lowest BCUT2D eigenvalue weighted by atomic mass is 10.1. The third-order valence-electron chi connectivity index (χ3n) is 4.07. The summed E-state index contributed by atoms with van der Waals surface area (Å²) in [6.45, 7) is 8.06. The molecule has 5 nitrogen and oxygen atoms in total. The Bertz CT molecular complexity index is 931. The van der Waals surface area contributed by atoms with E-state index in [2.05, 4.69) is 47.6 Å². The summed E-state index contributed by atoms with van der Waals surface area (Å²) in [6, 6.07) is 14.0. The highest BCUT2D eigenvalue weighted by Gasteiger charge is 2.15. The van der Waals surface area contributed by atoms with E-state index >= 15 is 0 Å². The highest BCUT2D eigenvalue weighted by molar-refractivity contribution is 7.99. The Morgan fingerprint density at radius 3 is 2.42 bits per heavy atom. The van der Waals surface area contributed by atoms with Gasteiger partial charge in [0.2, 0.25) is 5.91 Å². The Morgan fingerprint density at radius 2 is 1.69 bits per heavy atom. The van der Waals surface area contributed by atoms with Gasteiger partial charge in [-0.1, -0.05) is 41.6 Å². The van der Waals surface area contributed by atoms with Crippen molar-refractivity contribution in [2.24, 2.45) is 0 Å². The number of carbonyl (C=O) groups excluding carboxylic acids is 1. The first-order chi connectivity index (χ1) is 12.4. The molecule has 0 saturated carbocycles. The smallest absolute Gasteiger partial charge is 0.234 e. The standard InChI is InChI=1S/C20H22N4OS/c1-13-6-9-17(10-7-13)21-19(25)12-26-20-23-22-16(4)24(20)18-11-14(2)5-8-15(18)3/h5-11H,12H2,1-4H3,(H,21,25). The van der Waals surface area contributed by atoms with Crippen LogP contribution < -0.4 is 5.32 Å². The molecule has 0 saturated heterocycles. The third-order valence-corrected chi connectivity index (χ3v) is 5.00. The fourth-order valence-electron chi connectivity index (χ4n) is 2.64. The number of benzene rings is 2. The highest BCUT2D eigenvalue weighted by Crippen LogP contribution is 2.25. The largest absolute Gasteiger partial charge is 0.325 e. The summed E-state index contributed by atoms with van der Waals surface area (Å²) in [7, 11) is 0. The Morgan fingerprint density at radius 1 is 1.00 bits per heavy atom. The number of aryl methyl sites for hydroxylation is 4. The molecule has 0 bridgehead atoms. The highest BCUT2D eigenvalue weighted by atomic mass is 32.2. The predicted octanol–water partition coefficient (Wildman–Crippen LogP) is 4.23. The zero-order chi connectivity index (χ0) is 18.7. The van der Waals surface area contributed by atoms with Gasteiger partial charge in [-0.05, 0) is 57.0 Å². The molecule has 0 unspecified atom stereocenters. The molecule has 0 radical (unpaired) electrons. The van der Waals surface area contributed by atoms with Crippen molar-refractivity contribution in [1.82, 2.24) is 14.8 Å². The van der Waals surface area contributed by atoms with Gasteiger partial charge in [0.25, 0.3) is 0 Å². The number of nitrogens with zero attached hydrogens (tertiary/aromatic N) is 3. The number of carbonyl (C=O) groups is 1. The molecule has 0 aliphatic heterocycles. The average Bonchev–Trinajstić information content (AvgIpc) is 2.98. The average molecular weight is 366 g/mol. The lowest BCUT2D eigenvalue weighted by Gasteiger charge is -2.12. The van der Waals surface area contributed by atoms with Crippen molar-refractivity contribution in [3.8, 4) is 5.69 Å². The molecule has 1 N–H and O–H groups in total. The molecule has 1 heterocycles. The molecule has 1 aromatic heterocycles. The van der Waals surface area contributed by atoms with E-state index in [0.717, 1.165) is 33.5 Å². The normalized spacial score (nSPS) is 10.8. The summed E-state index contributed by atoms with van der Waals surface area (Å²) in [5, 5.41) is 12.1. The summed E-state index contributed by atoms with van der Waals surface area (Å²) < 4.78 is 2.01. The quantitative estimate of drug-likeness (QED) is 0.687. The molecule has 0 fully saturated rings. The van der Waals surface area contributed by atoms with E-state index in [1.165, 1.54) is 17.3 Å². The monoisotopic (exact) mass is 366 g/mol. The van der Waals surface area contributed by atoms with Crippen LogP contribution in [-0.2, 0) is 4.79 Å². The van der Waals surface area contributed by atoms with Crippen LogP contribution in [0.4, 0.5) is 5.69 Å². The number of nitrogens with one attached hydrogen (secondary N) is 1. The van der Waals surface area contributed by atoms with E-state index in [0.29, 0.717) is 0 Å². The maximum atomic E-state index is 12.3. The number of hydrogen-bond donors (Lipinski definition) is 1. The molecule has 26 heavy (non-hydrogen) atoms. The summed E-state index contributed by atoms with van der Waals surface area (Å²) in [5.74, 6) is 1.02. The Kier molecular flexibility index (Phi) is 5.42. The first-order valence-electron chi connectivity index (χ1n) is 8.43. The van der Waals surface area contributed by atoms with Crippen molar-refractivity contribution in [3.63, 3.8) is 0 Å². The predicted molar refractivity (Wildman–Crippen MR) is 106 cm³/mol. The zero-order valence-electron chi connectivity index (χ0n) is 15.4. The van der Waals surface area contributed by atoms with Gasteiger partial charge in [-0.25, -0.2) is 0 Å². The van der Waals surface area contributed by atoms with Crippen LogP contribution >= 0.6 is 11.8 Å². The molecule has 0 aliphatic rings. The Labute approximate surface area is 157 Å². The molecule has 6 heteroatoms. The topological polar surface area (TPSA) is 59.8 Å². The Hall–Kier alpha value is -2.60. The van der Waals surface area contributed by atoms with Crippen molar-refractivity contribution >= 4 is 23.4 Å². The van der Waals surface area contributed by atoms with Gasteiger partial charge in [0, 0.05) is 5.69 Å². The molecule has 2 aromatic carbocycles. The minimum absolute atomic E-state index is 0.0629. The maximum Gasteiger partial charge on any atom is 0.234 e. The second kappa shape index (κ2) is 7.74. The van der Waals surface area contributed by atoms with Crippen LogP contribution in [0.5, 0.6) is 0 Å². The van der Waals surface area contributed by atoms with E-state index in [1.54, 1.807) is 0 Å². The zero-order valence-corrected chi connectivity index (χ0v) is 16.2. The number of amides is 1. The van der Waals surface area contributed by atoms with Gasteiger partial charge < -0.3 is 5.32 Å². The first-order valence-corrected chi connectivity index (χ1v) is 9.41. The lowest BCUT2D eigenvalue weighted by Crippen LogP contribution is -2.14. The number of rotatable bonds is 5. The molecule has 0 aliphatic carbocycles. The molecule has 1 amide bonds. The lowest BCUT2D eigenvalue weighted by molar-refractivity contribution is -0.113. The molecule has 0 spiro atoms. The van der Waals surface area contributed by atoms with Crippen molar-refractivity contribution in [2.75, 3.05) is 11.1 Å². The first kappa shape index (κ1) is 18.2. The van der Waals surface area contributed by atoms with Crippen molar-refractivity contribution in [3.05, 3.63) is 65.0 Å². The van der Waals surface area contributed by atoms with Gasteiger partial charge in [-0.3, -0.25) is 9.36 Å². The SMILES string of the molecule is Cc1ccc(NC(=O)CSc2nnc(C)n2-c2cc(C)ccc2C)cc1. The molecular weight excluding hydrogens is 344 g/mol. The fraction of sp³-hybridized carbons (Fsp3) is 0.250. The van der Waals surface area contributed by atoms with Gasteiger partial charge in [-0.15, -0.1) is 10.2 Å². The number of thioether (sulfide) groups is 1. The summed E-state index contributed by atoms with van der Waals surface area (Å²) in [4.78, 5) is 12.3. The number of aromatic nitrogens is 3. The van der Waals surface area contributed by atoms with E-state index in [1.807, 2.05) is 42.7 Å². The van der Waals surface area contributed by atoms with Crippen molar-refractivity contribution in [2.45, 2.75) is 32.9 Å². The second-order valence-corrected chi connectivity index (χ2v) is 7.30. The van der Waals surface area contributed by atoms with Gasteiger partial charge in [0.15, 0.2) is 5.16 Å². The fourth-order valence-corrected chi connectivity index (χ4v) is 3.43. The van der Waals surface area contributed by atoms with Crippen molar-refractivity contribution < 1.29 is 4.79 Å². The van der Waals surface area contributed by atoms with Gasteiger partial charge in [0.1, 0.15) is 5.82 Å². The second-order valence-electron chi connectivity index (χ2n) is 6.36.